The maximum atomic E-state index is 12.1. The molecule has 0 spiro atoms. The molecule has 1 aromatic heterocycles. The Labute approximate surface area is 120 Å². The lowest BCUT2D eigenvalue weighted by molar-refractivity contribution is -0.117. The number of aromatic nitrogens is 2. The SMILES string of the molecule is Cc1nn(C)c(CC(=O)Cc2ccc(N)cc2)c1Br. The normalized spacial score (nSPS) is 10.7. The molecule has 2 N–H and O–H groups in total. The van der Waals surface area contributed by atoms with E-state index in [1.54, 1.807) is 4.68 Å². The summed E-state index contributed by atoms with van der Waals surface area (Å²) in [6, 6.07) is 7.40. The maximum Gasteiger partial charge on any atom is 0.143 e. The largest absolute Gasteiger partial charge is 0.399 e. The lowest BCUT2D eigenvalue weighted by Gasteiger charge is -2.04. The number of carbonyl (C=O) groups excluding carboxylic acids is 1. The Balaban J connectivity index is 2.07. The van der Waals surface area contributed by atoms with Gasteiger partial charge in [0.1, 0.15) is 5.78 Å². The fraction of sp³-hybridized carbons (Fsp3) is 0.286. The summed E-state index contributed by atoms with van der Waals surface area (Å²) in [5, 5.41) is 4.28. The maximum absolute atomic E-state index is 12.1. The number of benzene rings is 1. The van der Waals surface area contributed by atoms with Crippen LogP contribution in [0.15, 0.2) is 28.7 Å². The molecule has 0 unspecified atom stereocenters. The average molecular weight is 322 g/mol. The van der Waals surface area contributed by atoms with Crippen molar-refractivity contribution in [3.8, 4) is 0 Å². The highest BCUT2D eigenvalue weighted by Crippen LogP contribution is 2.21. The topological polar surface area (TPSA) is 60.9 Å². The van der Waals surface area contributed by atoms with Gasteiger partial charge in [-0.05, 0) is 40.5 Å². The number of Topliss-reactive ketones (excluding diaryl/α,β-unsaturated/α-hetero) is 1. The van der Waals surface area contributed by atoms with Crippen LogP contribution in [-0.4, -0.2) is 15.6 Å². The van der Waals surface area contributed by atoms with E-state index in [2.05, 4.69) is 21.0 Å². The third kappa shape index (κ3) is 3.23. The van der Waals surface area contributed by atoms with E-state index in [9.17, 15) is 4.79 Å². The first-order chi connectivity index (χ1) is 8.97. The molecule has 100 valence electrons. The van der Waals surface area contributed by atoms with E-state index >= 15 is 0 Å². The third-order valence-electron chi connectivity index (χ3n) is 3.01. The number of carbonyl (C=O) groups is 1. The predicted octanol–water partition coefficient (Wildman–Crippen LogP) is 2.43. The Kier molecular flexibility index (Phi) is 4.04. The Bertz CT molecular complexity index is 602. The summed E-state index contributed by atoms with van der Waals surface area (Å²) in [6.07, 6.45) is 0.791. The van der Waals surface area contributed by atoms with Crippen LogP contribution in [0.5, 0.6) is 0 Å². The van der Waals surface area contributed by atoms with Gasteiger partial charge in [0.2, 0.25) is 0 Å². The van der Waals surface area contributed by atoms with Crippen LogP contribution >= 0.6 is 15.9 Å². The summed E-state index contributed by atoms with van der Waals surface area (Å²) in [6.45, 7) is 1.91. The molecule has 1 heterocycles. The van der Waals surface area contributed by atoms with E-state index in [-0.39, 0.29) is 5.78 Å². The van der Waals surface area contributed by atoms with Crippen molar-refractivity contribution in [3.05, 3.63) is 45.7 Å². The fourth-order valence-corrected chi connectivity index (χ4v) is 2.46. The Hall–Kier alpha value is -1.62. The molecular weight excluding hydrogens is 306 g/mol. The van der Waals surface area contributed by atoms with Crippen LogP contribution in [-0.2, 0) is 24.7 Å². The van der Waals surface area contributed by atoms with Crippen LogP contribution in [0.4, 0.5) is 5.69 Å². The first kappa shape index (κ1) is 13.8. The smallest absolute Gasteiger partial charge is 0.143 e. The van der Waals surface area contributed by atoms with Crippen molar-refractivity contribution in [1.82, 2.24) is 9.78 Å². The first-order valence-electron chi connectivity index (χ1n) is 6.01. The molecule has 2 rings (SSSR count). The lowest BCUT2D eigenvalue weighted by atomic mass is 10.1. The van der Waals surface area contributed by atoms with E-state index in [1.165, 1.54) is 0 Å². The van der Waals surface area contributed by atoms with Gasteiger partial charge in [-0.1, -0.05) is 12.1 Å². The molecule has 19 heavy (non-hydrogen) atoms. The van der Waals surface area contributed by atoms with Crippen LogP contribution in [0.2, 0.25) is 0 Å². The molecule has 0 saturated heterocycles. The van der Waals surface area contributed by atoms with Crippen molar-refractivity contribution >= 4 is 27.4 Å². The number of nitrogens with two attached hydrogens (primary N) is 1. The molecule has 0 aliphatic carbocycles. The van der Waals surface area contributed by atoms with Crippen molar-refractivity contribution in [2.24, 2.45) is 7.05 Å². The summed E-state index contributed by atoms with van der Waals surface area (Å²) in [5.41, 5.74) is 9.13. The van der Waals surface area contributed by atoms with Crippen LogP contribution in [0.3, 0.4) is 0 Å². The quantitative estimate of drug-likeness (QED) is 0.880. The number of halogens is 1. The van der Waals surface area contributed by atoms with E-state index < -0.39 is 0 Å². The average Bonchev–Trinajstić information content (AvgIpc) is 2.59. The van der Waals surface area contributed by atoms with Gasteiger partial charge in [-0.15, -0.1) is 0 Å². The molecule has 0 amide bonds. The number of aryl methyl sites for hydroxylation is 2. The number of anilines is 1. The van der Waals surface area contributed by atoms with Gasteiger partial charge in [0.25, 0.3) is 0 Å². The molecule has 0 saturated carbocycles. The first-order valence-corrected chi connectivity index (χ1v) is 6.80. The van der Waals surface area contributed by atoms with Gasteiger partial charge in [-0.25, -0.2) is 0 Å². The van der Waals surface area contributed by atoms with E-state index in [4.69, 9.17) is 5.73 Å². The van der Waals surface area contributed by atoms with E-state index in [0.717, 1.165) is 21.4 Å². The second kappa shape index (κ2) is 5.57. The minimum atomic E-state index is 0.161. The molecule has 2 aromatic rings. The molecule has 5 heteroatoms. The molecule has 0 bridgehead atoms. The van der Waals surface area contributed by atoms with Crippen LogP contribution in [0.25, 0.3) is 0 Å². The number of nitrogen functional groups attached to an aromatic ring is 1. The zero-order valence-electron chi connectivity index (χ0n) is 11.0. The number of hydrogen-bond acceptors (Lipinski definition) is 3. The van der Waals surface area contributed by atoms with Crippen molar-refractivity contribution < 1.29 is 4.79 Å². The highest BCUT2D eigenvalue weighted by molar-refractivity contribution is 9.10. The highest BCUT2D eigenvalue weighted by Gasteiger charge is 2.14. The summed E-state index contributed by atoms with van der Waals surface area (Å²) < 4.78 is 2.67. The number of rotatable bonds is 4. The summed E-state index contributed by atoms with van der Waals surface area (Å²) in [5.74, 6) is 0.161. The minimum Gasteiger partial charge on any atom is -0.399 e. The predicted molar refractivity (Wildman–Crippen MR) is 78.9 cm³/mol. The van der Waals surface area contributed by atoms with Crippen molar-refractivity contribution in [2.75, 3.05) is 5.73 Å². The number of ketones is 1. The van der Waals surface area contributed by atoms with Gasteiger partial charge in [0.15, 0.2) is 0 Å². The summed E-state index contributed by atoms with van der Waals surface area (Å²) in [7, 11) is 1.85. The van der Waals surface area contributed by atoms with Gasteiger partial charge in [-0.2, -0.15) is 5.10 Å². The number of nitrogens with zero attached hydrogens (tertiary/aromatic N) is 2. The van der Waals surface area contributed by atoms with Gasteiger partial charge in [-0.3, -0.25) is 9.48 Å². The second-order valence-corrected chi connectivity index (χ2v) is 5.40. The fourth-order valence-electron chi connectivity index (χ4n) is 1.98. The molecule has 0 aliphatic heterocycles. The zero-order chi connectivity index (χ0) is 14.0. The van der Waals surface area contributed by atoms with Crippen molar-refractivity contribution in [2.45, 2.75) is 19.8 Å². The van der Waals surface area contributed by atoms with Crippen LogP contribution in [0.1, 0.15) is 17.0 Å². The Morgan fingerprint density at radius 2 is 1.95 bits per heavy atom. The van der Waals surface area contributed by atoms with Crippen molar-refractivity contribution in [1.29, 1.82) is 0 Å². The van der Waals surface area contributed by atoms with Crippen molar-refractivity contribution in [3.63, 3.8) is 0 Å². The molecular formula is C14H16BrN3O. The lowest BCUT2D eigenvalue weighted by Crippen LogP contribution is -2.10. The molecule has 0 atom stereocenters. The third-order valence-corrected chi connectivity index (χ3v) is 4.04. The standard InChI is InChI=1S/C14H16BrN3O/c1-9-14(15)13(18(2)17-9)8-12(19)7-10-3-5-11(16)6-4-10/h3-6H,7-8,16H2,1-2H3. The molecule has 1 aromatic carbocycles. The highest BCUT2D eigenvalue weighted by atomic mass is 79.9. The van der Waals surface area contributed by atoms with Gasteiger partial charge >= 0.3 is 0 Å². The van der Waals surface area contributed by atoms with Gasteiger partial charge in [0, 0.05) is 25.6 Å². The van der Waals surface area contributed by atoms with E-state index in [1.807, 2.05) is 38.2 Å². The second-order valence-electron chi connectivity index (χ2n) is 4.60. The minimum absolute atomic E-state index is 0.161. The van der Waals surface area contributed by atoms with Gasteiger partial charge in [0.05, 0.1) is 15.9 Å². The van der Waals surface area contributed by atoms with Crippen LogP contribution in [0, 0.1) is 6.92 Å². The van der Waals surface area contributed by atoms with Gasteiger partial charge < -0.3 is 5.73 Å². The molecule has 0 aliphatic rings. The molecule has 0 fully saturated rings. The molecule has 4 nitrogen and oxygen atoms in total. The van der Waals surface area contributed by atoms with Crippen LogP contribution < -0.4 is 5.73 Å². The molecule has 0 radical (unpaired) electrons. The Morgan fingerprint density at radius 1 is 1.32 bits per heavy atom. The Morgan fingerprint density at radius 3 is 2.47 bits per heavy atom. The zero-order valence-corrected chi connectivity index (χ0v) is 12.6. The van der Waals surface area contributed by atoms with E-state index in [0.29, 0.717) is 18.5 Å². The summed E-state index contributed by atoms with van der Waals surface area (Å²) >= 11 is 3.47. The summed E-state index contributed by atoms with van der Waals surface area (Å²) in [4.78, 5) is 12.1. The monoisotopic (exact) mass is 321 g/mol. The number of hydrogen-bond donors (Lipinski definition) is 1.